The molecule has 0 unspecified atom stereocenters. The number of nitrogens with zero attached hydrogens (tertiary/aromatic N) is 2. The largest absolute Gasteiger partial charge is 0.361 e. The number of aromatic amines is 1. The molecule has 28 heavy (non-hydrogen) atoms. The Balaban J connectivity index is 0.00000280. The van der Waals surface area contributed by atoms with E-state index < -0.39 is 4.92 Å². The van der Waals surface area contributed by atoms with Crippen molar-refractivity contribution in [1.29, 1.82) is 0 Å². The van der Waals surface area contributed by atoms with Gasteiger partial charge in [0.05, 0.1) is 4.92 Å². The molecule has 1 heterocycles. The monoisotopic (exact) mass is 497 g/mol. The Morgan fingerprint density at radius 3 is 2.64 bits per heavy atom. The highest BCUT2D eigenvalue weighted by atomic mass is 127. The fourth-order valence-corrected chi connectivity index (χ4v) is 2.82. The van der Waals surface area contributed by atoms with E-state index in [1.807, 2.05) is 6.20 Å². The van der Waals surface area contributed by atoms with Crippen molar-refractivity contribution in [1.82, 2.24) is 15.6 Å². The molecule has 0 radical (unpaired) electrons. The van der Waals surface area contributed by atoms with E-state index in [0.29, 0.717) is 19.0 Å². The number of hydrogen-bond acceptors (Lipinski definition) is 3. The number of halogens is 2. The number of nitro groups is 1. The van der Waals surface area contributed by atoms with Crippen LogP contribution in [0.4, 0.5) is 10.1 Å². The van der Waals surface area contributed by atoms with Crippen molar-refractivity contribution in [2.24, 2.45) is 4.99 Å². The fourth-order valence-electron chi connectivity index (χ4n) is 2.82. The van der Waals surface area contributed by atoms with Crippen LogP contribution in [0.2, 0.25) is 0 Å². The maximum Gasteiger partial charge on any atom is 0.269 e. The second kappa shape index (κ2) is 10.0. The van der Waals surface area contributed by atoms with E-state index in [1.54, 1.807) is 25.2 Å². The van der Waals surface area contributed by atoms with E-state index in [1.165, 1.54) is 24.3 Å². The van der Waals surface area contributed by atoms with Crippen LogP contribution in [0.15, 0.2) is 53.7 Å². The Hall–Kier alpha value is -2.69. The second-order valence-corrected chi connectivity index (χ2v) is 6.03. The number of hydrogen-bond donors (Lipinski definition) is 3. The number of nitro benzene ring substituents is 1. The molecule has 3 N–H and O–H groups in total. The maximum atomic E-state index is 13.2. The van der Waals surface area contributed by atoms with Crippen LogP contribution in [0.5, 0.6) is 0 Å². The van der Waals surface area contributed by atoms with Gasteiger partial charge in [0.2, 0.25) is 0 Å². The first-order chi connectivity index (χ1) is 13.1. The highest BCUT2D eigenvalue weighted by molar-refractivity contribution is 14.0. The summed E-state index contributed by atoms with van der Waals surface area (Å²) >= 11 is 0. The van der Waals surface area contributed by atoms with Crippen molar-refractivity contribution in [3.63, 3.8) is 0 Å². The molecule has 9 heteroatoms. The molecule has 0 saturated heterocycles. The summed E-state index contributed by atoms with van der Waals surface area (Å²) in [5.74, 6) is 0.379. The smallest absolute Gasteiger partial charge is 0.269 e. The molecule has 0 bridgehead atoms. The number of aliphatic imine (C=N–C) groups is 1. The first-order valence-corrected chi connectivity index (χ1v) is 8.50. The molecule has 0 amide bonds. The minimum Gasteiger partial charge on any atom is -0.361 e. The summed E-state index contributed by atoms with van der Waals surface area (Å²) < 4.78 is 13.2. The van der Waals surface area contributed by atoms with E-state index >= 15 is 0 Å². The first kappa shape index (κ1) is 21.6. The van der Waals surface area contributed by atoms with Gasteiger partial charge in [0, 0.05) is 49.4 Å². The second-order valence-electron chi connectivity index (χ2n) is 6.03. The lowest BCUT2D eigenvalue weighted by atomic mass is 10.1. The van der Waals surface area contributed by atoms with E-state index in [2.05, 4.69) is 20.6 Å². The SMILES string of the molecule is CN=C(NCCc1c[nH]c2cc(F)ccc12)NCc1ccc([N+](=O)[O-])cc1.I. The summed E-state index contributed by atoms with van der Waals surface area (Å²) in [5.41, 5.74) is 2.87. The molecule has 0 spiro atoms. The van der Waals surface area contributed by atoms with E-state index in [9.17, 15) is 14.5 Å². The lowest BCUT2D eigenvalue weighted by molar-refractivity contribution is -0.384. The molecular weight excluding hydrogens is 476 g/mol. The molecule has 2 aromatic carbocycles. The number of benzene rings is 2. The molecule has 3 aromatic rings. The van der Waals surface area contributed by atoms with Crippen LogP contribution in [-0.2, 0) is 13.0 Å². The summed E-state index contributed by atoms with van der Waals surface area (Å²) in [6.07, 6.45) is 2.64. The minimum atomic E-state index is -0.420. The topological polar surface area (TPSA) is 95.3 Å². The molecule has 1 aromatic heterocycles. The summed E-state index contributed by atoms with van der Waals surface area (Å²) in [6.45, 7) is 1.16. The third-order valence-corrected chi connectivity index (χ3v) is 4.25. The normalized spacial score (nSPS) is 11.1. The predicted octanol–water partition coefficient (Wildman–Crippen LogP) is 3.74. The molecule has 7 nitrogen and oxygen atoms in total. The summed E-state index contributed by atoms with van der Waals surface area (Å²) in [5, 5.41) is 18.1. The minimum absolute atomic E-state index is 0. The Kier molecular flexibility index (Phi) is 7.73. The zero-order valence-corrected chi connectivity index (χ0v) is 17.6. The zero-order valence-electron chi connectivity index (χ0n) is 15.2. The van der Waals surface area contributed by atoms with Gasteiger partial charge >= 0.3 is 0 Å². The van der Waals surface area contributed by atoms with Gasteiger partial charge in [0.15, 0.2) is 5.96 Å². The van der Waals surface area contributed by atoms with E-state index in [0.717, 1.165) is 28.5 Å². The van der Waals surface area contributed by atoms with Gasteiger partial charge in [-0.15, -0.1) is 24.0 Å². The lowest BCUT2D eigenvalue weighted by Gasteiger charge is -2.11. The number of rotatable bonds is 6. The maximum absolute atomic E-state index is 13.2. The van der Waals surface area contributed by atoms with Crippen molar-refractivity contribution in [2.75, 3.05) is 13.6 Å². The van der Waals surface area contributed by atoms with Gasteiger partial charge in [-0.25, -0.2) is 4.39 Å². The van der Waals surface area contributed by atoms with Crippen LogP contribution in [0.3, 0.4) is 0 Å². The Bertz CT molecular complexity index is 972. The molecular formula is C19H21FIN5O2. The van der Waals surface area contributed by atoms with Gasteiger partial charge in [-0.1, -0.05) is 12.1 Å². The van der Waals surface area contributed by atoms with Crippen LogP contribution in [0.1, 0.15) is 11.1 Å². The highest BCUT2D eigenvalue weighted by Crippen LogP contribution is 2.19. The van der Waals surface area contributed by atoms with Gasteiger partial charge in [-0.3, -0.25) is 15.1 Å². The van der Waals surface area contributed by atoms with Crippen molar-refractivity contribution >= 4 is 46.5 Å². The van der Waals surface area contributed by atoms with Gasteiger partial charge in [0.1, 0.15) is 5.82 Å². The summed E-state index contributed by atoms with van der Waals surface area (Å²) in [6, 6.07) is 11.1. The molecule has 0 aliphatic carbocycles. The van der Waals surface area contributed by atoms with Crippen LogP contribution < -0.4 is 10.6 Å². The average molecular weight is 497 g/mol. The van der Waals surface area contributed by atoms with Crippen LogP contribution in [-0.4, -0.2) is 29.5 Å². The van der Waals surface area contributed by atoms with Gasteiger partial charge in [0.25, 0.3) is 5.69 Å². The number of fused-ring (bicyclic) bond motifs is 1. The number of guanidine groups is 1. The number of H-pyrrole nitrogens is 1. The van der Waals surface area contributed by atoms with Gasteiger partial charge in [-0.05, 0) is 35.7 Å². The van der Waals surface area contributed by atoms with Crippen LogP contribution in [0, 0.1) is 15.9 Å². The summed E-state index contributed by atoms with van der Waals surface area (Å²) in [4.78, 5) is 17.5. The Labute approximate surface area is 178 Å². The van der Waals surface area contributed by atoms with Crippen molar-refractivity contribution in [3.05, 3.63) is 75.7 Å². The Morgan fingerprint density at radius 1 is 1.21 bits per heavy atom. The predicted molar refractivity (Wildman–Crippen MR) is 119 cm³/mol. The van der Waals surface area contributed by atoms with Crippen LogP contribution in [0.25, 0.3) is 10.9 Å². The highest BCUT2D eigenvalue weighted by Gasteiger charge is 2.06. The third-order valence-electron chi connectivity index (χ3n) is 4.25. The van der Waals surface area contributed by atoms with E-state index in [-0.39, 0.29) is 35.5 Å². The number of nitrogens with one attached hydrogen (secondary N) is 3. The molecule has 3 rings (SSSR count). The first-order valence-electron chi connectivity index (χ1n) is 8.50. The van der Waals surface area contributed by atoms with Crippen molar-refractivity contribution in [3.8, 4) is 0 Å². The number of non-ortho nitro benzene ring substituents is 1. The standard InChI is InChI=1S/C19H20FN5O2.HI/c1-21-19(24-11-13-2-5-16(6-3-13)25(26)27)22-9-8-14-12-23-18-10-15(20)4-7-17(14)18;/h2-7,10,12,23H,8-9,11H2,1H3,(H2,21,22,24);1H. The number of aromatic nitrogens is 1. The van der Waals surface area contributed by atoms with Crippen molar-refractivity contribution < 1.29 is 9.31 Å². The quantitative estimate of drug-likeness (QED) is 0.159. The van der Waals surface area contributed by atoms with E-state index in [4.69, 9.17) is 0 Å². The molecule has 0 aliphatic rings. The molecule has 0 aliphatic heterocycles. The Morgan fingerprint density at radius 2 is 1.96 bits per heavy atom. The van der Waals surface area contributed by atoms with Gasteiger partial charge < -0.3 is 15.6 Å². The van der Waals surface area contributed by atoms with Crippen LogP contribution >= 0.6 is 24.0 Å². The molecule has 0 atom stereocenters. The van der Waals surface area contributed by atoms with Gasteiger partial charge in [-0.2, -0.15) is 0 Å². The molecule has 0 saturated carbocycles. The lowest BCUT2D eigenvalue weighted by Crippen LogP contribution is -2.37. The molecule has 0 fully saturated rings. The van der Waals surface area contributed by atoms with Crippen molar-refractivity contribution in [2.45, 2.75) is 13.0 Å². The molecule has 148 valence electrons. The summed E-state index contributed by atoms with van der Waals surface area (Å²) in [7, 11) is 1.68. The average Bonchev–Trinajstić information content (AvgIpc) is 3.06. The zero-order chi connectivity index (χ0) is 19.2. The third kappa shape index (κ3) is 5.41. The fraction of sp³-hybridized carbons (Fsp3) is 0.211.